The number of para-hydroxylation sites is 1. The molecule has 0 spiro atoms. The molecule has 1 amide bonds. The Balaban J connectivity index is 2.13. The van der Waals surface area contributed by atoms with Gasteiger partial charge in [0, 0.05) is 5.56 Å². The Kier molecular flexibility index (Phi) is 6.58. The highest BCUT2D eigenvalue weighted by atomic mass is 32.2. The Morgan fingerprint density at radius 1 is 1.52 bits per heavy atom. The number of carboxylic acids is 1. The minimum atomic E-state index is -1.04. The number of hydrogen-bond donors (Lipinski definition) is 2. The van der Waals surface area contributed by atoms with E-state index in [1.807, 2.05) is 0 Å². The van der Waals surface area contributed by atoms with Crippen LogP contribution in [-0.2, 0) is 9.59 Å². The molecule has 25 heavy (non-hydrogen) atoms. The van der Waals surface area contributed by atoms with Gasteiger partial charge in [0.15, 0.2) is 16.7 Å². The number of methoxy groups -OCH3 is 1. The average Bonchev–Trinajstić information content (AvgIpc) is 2.92. The van der Waals surface area contributed by atoms with Gasteiger partial charge in [-0.05, 0) is 12.1 Å². The largest absolute Gasteiger partial charge is 0.493 e. The highest BCUT2D eigenvalue weighted by Crippen LogP contribution is 2.30. The molecule has 1 aromatic rings. The van der Waals surface area contributed by atoms with E-state index in [2.05, 4.69) is 22.1 Å². The second-order valence-electron chi connectivity index (χ2n) is 4.82. The summed E-state index contributed by atoms with van der Waals surface area (Å²) in [4.78, 5) is 22.3. The number of nitrogens with one attached hydrogen (secondary N) is 1. The van der Waals surface area contributed by atoms with Crippen LogP contribution in [0.3, 0.4) is 0 Å². The molecule has 1 atom stereocenters. The molecule has 1 fully saturated rings. The zero-order valence-corrected chi connectivity index (χ0v) is 14.3. The number of thioether (sulfide) groups is 1. The topological polar surface area (TPSA) is 110 Å². The van der Waals surface area contributed by atoms with Gasteiger partial charge < -0.3 is 19.9 Å². The Morgan fingerprint density at radius 3 is 3.00 bits per heavy atom. The molecule has 1 aliphatic heterocycles. The quantitative estimate of drug-likeness (QED) is 0.413. The predicted molar refractivity (Wildman–Crippen MR) is 95.5 cm³/mol. The zero-order valence-electron chi connectivity index (χ0n) is 13.5. The maximum atomic E-state index is 11.6. The average molecular weight is 363 g/mol. The Labute approximate surface area is 148 Å². The fourth-order valence-corrected chi connectivity index (χ4v) is 2.90. The summed E-state index contributed by atoms with van der Waals surface area (Å²) in [7, 11) is 1.53. The first-order valence-corrected chi connectivity index (χ1v) is 8.14. The molecule has 0 aliphatic carbocycles. The molecule has 0 radical (unpaired) electrons. The van der Waals surface area contributed by atoms with Crippen molar-refractivity contribution in [2.75, 3.05) is 13.7 Å². The molecule has 1 aromatic carbocycles. The van der Waals surface area contributed by atoms with Crippen molar-refractivity contribution in [1.29, 1.82) is 0 Å². The van der Waals surface area contributed by atoms with E-state index in [0.29, 0.717) is 23.7 Å². The van der Waals surface area contributed by atoms with E-state index in [9.17, 15) is 9.59 Å². The lowest BCUT2D eigenvalue weighted by Gasteiger charge is -2.11. The maximum Gasteiger partial charge on any atom is 0.305 e. The summed E-state index contributed by atoms with van der Waals surface area (Å²) in [6, 6.07) is 5.31. The minimum Gasteiger partial charge on any atom is -0.493 e. The third-order valence-electron chi connectivity index (χ3n) is 3.06. The van der Waals surface area contributed by atoms with Gasteiger partial charge in [0.1, 0.15) is 11.9 Å². The van der Waals surface area contributed by atoms with E-state index in [1.165, 1.54) is 13.3 Å². The normalized spacial score (nSPS) is 18.4. The van der Waals surface area contributed by atoms with Crippen molar-refractivity contribution in [1.82, 2.24) is 5.32 Å². The number of aliphatic carboxylic acids is 1. The smallest absolute Gasteiger partial charge is 0.305 e. The predicted octanol–water partition coefficient (Wildman–Crippen LogP) is 1.66. The van der Waals surface area contributed by atoms with E-state index >= 15 is 0 Å². The van der Waals surface area contributed by atoms with Gasteiger partial charge in [-0.25, -0.2) is 0 Å². The summed E-state index contributed by atoms with van der Waals surface area (Å²) in [6.07, 6.45) is 2.81. The lowest BCUT2D eigenvalue weighted by Crippen LogP contribution is -2.26. The summed E-state index contributed by atoms with van der Waals surface area (Å²) >= 11 is 1.03. The van der Waals surface area contributed by atoms with E-state index in [-0.39, 0.29) is 11.6 Å². The van der Waals surface area contributed by atoms with Crippen LogP contribution >= 0.6 is 11.8 Å². The Hall–Kier alpha value is -2.81. The molecule has 0 bridgehead atoms. The number of carbonyl (C=O) groups excluding carboxylic acids is 1. The number of amides is 1. The molecule has 1 saturated heterocycles. The van der Waals surface area contributed by atoms with Crippen LogP contribution in [0, 0.1) is 0 Å². The van der Waals surface area contributed by atoms with Crippen LogP contribution in [0.25, 0.3) is 0 Å². The van der Waals surface area contributed by atoms with Crippen LogP contribution in [0.2, 0.25) is 0 Å². The van der Waals surface area contributed by atoms with Gasteiger partial charge in [-0.3, -0.25) is 9.59 Å². The van der Waals surface area contributed by atoms with Gasteiger partial charge in [-0.15, -0.1) is 5.10 Å². The van der Waals surface area contributed by atoms with Gasteiger partial charge in [0.2, 0.25) is 5.91 Å². The number of amidine groups is 1. The molecule has 9 heteroatoms. The van der Waals surface area contributed by atoms with E-state index in [1.54, 1.807) is 24.3 Å². The van der Waals surface area contributed by atoms with Crippen molar-refractivity contribution in [2.45, 2.75) is 11.7 Å². The molecule has 2 rings (SSSR count). The highest BCUT2D eigenvalue weighted by molar-refractivity contribution is 8.15. The van der Waals surface area contributed by atoms with Crippen molar-refractivity contribution in [3.8, 4) is 11.5 Å². The summed E-state index contributed by atoms with van der Waals surface area (Å²) in [5.74, 6) is -0.389. The van der Waals surface area contributed by atoms with Crippen molar-refractivity contribution < 1.29 is 24.2 Å². The summed E-state index contributed by atoms with van der Waals surface area (Å²) in [5, 5.41) is 18.7. The Bertz CT molecular complexity index is 732. The second-order valence-corrected chi connectivity index (χ2v) is 6.01. The molecule has 1 unspecified atom stereocenters. The lowest BCUT2D eigenvalue weighted by molar-refractivity contribution is -0.138. The van der Waals surface area contributed by atoms with Crippen molar-refractivity contribution in [2.24, 2.45) is 10.2 Å². The molecular weight excluding hydrogens is 346 g/mol. The van der Waals surface area contributed by atoms with Gasteiger partial charge in [0.05, 0.1) is 19.7 Å². The molecule has 2 N–H and O–H groups in total. The summed E-state index contributed by atoms with van der Waals surface area (Å²) < 4.78 is 10.8. The standard InChI is InChI=1S/C16H17N3O5S/c1-3-7-24-14-10(5-4-6-11(14)23-2)9-17-19-16-18-15(22)12(25-16)8-13(20)21/h3-6,9,12H,1,7-8H2,2H3,(H,20,21)(H,18,19,22). The van der Waals surface area contributed by atoms with Gasteiger partial charge in [-0.1, -0.05) is 30.5 Å². The van der Waals surface area contributed by atoms with Crippen LogP contribution in [0.15, 0.2) is 41.1 Å². The van der Waals surface area contributed by atoms with Crippen LogP contribution in [-0.4, -0.2) is 47.3 Å². The van der Waals surface area contributed by atoms with Gasteiger partial charge >= 0.3 is 5.97 Å². The summed E-state index contributed by atoms with van der Waals surface area (Å²) in [6.45, 7) is 3.91. The lowest BCUT2D eigenvalue weighted by atomic mass is 10.2. The van der Waals surface area contributed by atoms with E-state index < -0.39 is 17.1 Å². The number of carbonyl (C=O) groups is 2. The molecule has 1 heterocycles. The fraction of sp³-hybridized carbons (Fsp3) is 0.250. The molecule has 1 aliphatic rings. The zero-order chi connectivity index (χ0) is 18.2. The van der Waals surface area contributed by atoms with Crippen LogP contribution in [0.4, 0.5) is 0 Å². The third-order valence-corrected chi connectivity index (χ3v) is 4.13. The first-order chi connectivity index (χ1) is 12.0. The number of carboxylic acid groups (broad SMARTS) is 1. The third kappa shape index (κ3) is 5.08. The van der Waals surface area contributed by atoms with E-state index in [0.717, 1.165) is 11.8 Å². The number of nitrogens with zero attached hydrogens (tertiary/aromatic N) is 2. The number of rotatable bonds is 8. The number of ether oxygens (including phenoxy) is 2. The molecular formula is C16H17N3O5S. The van der Waals surface area contributed by atoms with E-state index in [4.69, 9.17) is 14.6 Å². The van der Waals surface area contributed by atoms with Crippen molar-refractivity contribution in [3.63, 3.8) is 0 Å². The van der Waals surface area contributed by atoms with Crippen LogP contribution in [0.1, 0.15) is 12.0 Å². The SMILES string of the molecule is C=CCOc1c(C=NN=C2NC(=O)C(CC(=O)O)S2)cccc1OC. The van der Waals surface area contributed by atoms with Gasteiger partial charge in [-0.2, -0.15) is 5.10 Å². The summed E-state index contributed by atoms with van der Waals surface area (Å²) in [5.41, 5.74) is 0.641. The first kappa shape index (κ1) is 18.5. The van der Waals surface area contributed by atoms with Crippen LogP contribution < -0.4 is 14.8 Å². The number of hydrogen-bond acceptors (Lipinski definition) is 7. The minimum absolute atomic E-state index is 0.254. The van der Waals surface area contributed by atoms with Crippen molar-refractivity contribution in [3.05, 3.63) is 36.4 Å². The monoisotopic (exact) mass is 363 g/mol. The maximum absolute atomic E-state index is 11.6. The second kappa shape index (κ2) is 8.88. The molecule has 0 saturated carbocycles. The molecule has 132 valence electrons. The first-order valence-electron chi connectivity index (χ1n) is 7.26. The fourth-order valence-electron chi connectivity index (χ4n) is 1.98. The molecule has 8 nitrogen and oxygen atoms in total. The molecule has 0 aromatic heterocycles. The Morgan fingerprint density at radius 2 is 2.32 bits per heavy atom. The van der Waals surface area contributed by atoms with Crippen molar-refractivity contribution >= 4 is 35.0 Å². The van der Waals surface area contributed by atoms with Crippen LogP contribution in [0.5, 0.6) is 11.5 Å². The number of benzene rings is 1. The van der Waals surface area contributed by atoms with Gasteiger partial charge in [0.25, 0.3) is 0 Å². The highest BCUT2D eigenvalue weighted by Gasteiger charge is 2.32.